The van der Waals surface area contributed by atoms with Crippen LogP contribution < -0.4 is 4.74 Å². The number of aryl methyl sites for hydroxylation is 2. The molecule has 0 radical (unpaired) electrons. The van der Waals surface area contributed by atoms with E-state index in [1.165, 1.54) is 49.9 Å². The molecule has 4 aromatic rings. The number of hydrogen-bond acceptors (Lipinski definition) is 5. The Hall–Kier alpha value is -3.10. The molecule has 48 heavy (non-hydrogen) atoms. The average molecular weight is 645 g/mol. The molecule has 0 saturated carbocycles. The summed E-state index contributed by atoms with van der Waals surface area (Å²) in [6, 6.07) is 15.3. The Kier molecular flexibility index (Phi) is 5.85. The second-order valence-corrected chi connectivity index (χ2v) is 16.4. The van der Waals surface area contributed by atoms with Crippen LogP contribution in [-0.2, 0) is 31.7 Å². The van der Waals surface area contributed by atoms with E-state index in [1.807, 2.05) is 0 Å². The molecule has 10 heterocycles. The van der Waals surface area contributed by atoms with E-state index in [2.05, 4.69) is 96.4 Å². The van der Waals surface area contributed by atoms with Gasteiger partial charge in [-0.3, -0.25) is 9.80 Å². The van der Waals surface area contributed by atoms with Crippen molar-refractivity contribution >= 4 is 21.8 Å². The highest BCUT2D eigenvalue weighted by Crippen LogP contribution is 2.60. The van der Waals surface area contributed by atoms with Crippen molar-refractivity contribution in [3.8, 4) is 5.75 Å². The van der Waals surface area contributed by atoms with Crippen LogP contribution in [0.4, 0.5) is 0 Å². The van der Waals surface area contributed by atoms with Crippen LogP contribution in [0, 0.1) is 29.6 Å². The molecule has 8 aliphatic heterocycles. The van der Waals surface area contributed by atoms with Crippen molar-refractivity contribution < 1.29 is 14.6 Å². The summed E-state index contributed by atoms with van der Waals surface area (Å²) >= 11 is 0. The third-order valence-corrected chi connectivity index (χ3v) is 15.1. The fraction of sp³-hybridized carbons (Fsp3) is 0.561. The van der Waals surface area contributed by atoms with Gasteiger partial charge in [-0.2, -0.15) is 0 Å². The van der Waals surface area contributed by atoms with Crippen LogP contribution >= 0.6 is 0 Å². The molecule has 12 atom stereocenters. The highest BCUT2D eigenvalue weighted by atomic mass is 16.7. The molecule has 6 bridgehead atoms. The molecule has 5 saturated heterocycles. The van der Waals surface area contributed by atoms with E-state index in [4.69, 9.17) is 9.47 Å². The average Bonchev–Trinajstić information content (AvgIpc) is 3.54. The van der Waals surface area contributed by atoms with E-state index in [-0.39, 0.29) is 12.9 Å². The van der Waals surface area contributed by atoms with Gasteiger partial charge in [0.2, 0.25) is 6.29 Å². The van der Waals surface area contributed by atoms with Gasteiger partial charge in [0.25, 0.3) is 0 Å². The molecule has 2 aromatic carbocycles. The number of aromatic nitrogens is 2. The number of para-hydroxylation sites is 1. The van der Waals surface area contributed by atoms with Gasteiger partial charge in [0.1, 0.15) is 5.75 Å². The molecule has 0 amide bonds. The molecule has 7 heteroatoms. The smallest absolute Gasteiger partial charge is 0.203 e. The van der Waals surface area contributed by atoms with Crippen LogP contribution in [0.25, 0.3) is 21.8 Å². The molecular weight excluding hydrogens is 596 g/mol. The van der Waals surface area contributed by atoms with Gasteiger partial charge in [0.15, 0.2) is 0 Å². The number of ether oxygens (including phenoxy) is 2. The third-order valence-electron chi connectivity index (χ3n) is 15.1. The second kappa shape index (κ2) is 9.78. The van der Waals surface area contributed by atoms with Crippen LogP contribution in [-0.4, -0.2) is 69.2 Å². The Labute approximate surface area is 283 Å². The zero-order chi connectivity index (χ0) is 32.3. The van der Waals surface area contributed by atoms with Crippen LogP contribution in [0.5, 0.6) is 5.75 Å². The van der Waals surface area contributed by atoms with Crippen molar-refractivity contribution in [2.45, 2.75) is 75.9 Å². The minimum atomic E-state index is -0.193. The summed E-state index contributed by atoms with van der Waals surface area (Å²) in [7, 11) is 6.95. The highest BCUT2D eigenvalue weighted by Gasteiger charge is 2.57. The minimum Gasteiger partial charge on any atom is -0.464 e. The number of piperidine rings is 4. The van der Waals surface area contributed by atoms with Crippen LogP contribution in [0.2, 0.25) is 0 Å². The van der Waals surface area contributed by atoms with E-state index in [9.17, 15) is 5.11 Å². The SMILES string of the molecule is C/C=C1/CN2[C@H]3C[C@@H]1[C@@H](CO)[C@@H]2Cc1c3n(C)c2ccc3c(c12)[C@H](C)[C@@H]1[C@@H](OC[C@@H]2[C@H]1C[C@H]1c4c(c5ccccc5n4C)C[C@@H]2N1C)O3. The maximum absolute atomic E-state index is 10.7. The summed E-state index contributed by atoms with van der Waals surface area (Å²) in [6.45, 7) is 6.76. The highest BCUT2D eigenvalue weighted by molar-refractivity contribution is 5.92. The fourth-order valence-corrected chi connectivity index (χ4v) is 13.0. The first kappa shape index (κ1) is 28.7. The van der Waals surface area contributed by atoms with Crippen LogP contribution in [0.15, 0.2) is 48.0 Å². The van der Waals surface area contributed by atoms with E-state index in [0.29, 0.717) is 59.7 Å². The summed E-state index contributed by atoms with van der Waals surface area (Å²) in [5.41, 5.74) is 11.8. The van der Waals surface area contributed by atoms with Gasteiger partial charge in [0, 0.05) is 95.8 Å². The first-order chi connectivity index (χ1) is 23.4. The summed E-state index contributed by atoms with van der Waals surface area (Å²) in [6.07, 6.45) is 6.50. The first-order valence-corrected chi connectivity index (χ1v) is 18.6. The van der Waals surface area contributed by atoms with Crippen LogP contribution in [0.3, 0.4) is 0 Å². The number of aliphatic hydroxyl groups is 1. The Balaban J connectivity index is 1.02. The molecule has 1 unspecified atom stereocenters. The Morgan fingerprint density at radius 3 is 2.52 bits per heavy atom. The van der Waals surface area contributed by atoms with Crippen molar-refractivity contribution in [1.29, 1.82) is 0 Å². The zero-order valence-electron chi connectivity index (χ0n) is 28.9. The number of nitrogens with zero attached hydrogens (tertiary/aromatic N) is 4. The van der Waals surface area contributed by atoms with E-state index in [0.717, 1.165) is 44.6 Å². The summed E-state index contributed by atoms with van der Waals surface area (Å²) in [4.78, 5) is 5.43. The normalized spacial score (nSPS) is 39.9. The fourth-order valence-electron chi connectivity index (χ4n) is 13.0. The van der Waals surface area contributed by atoms with Gasteiger partial charge < -0.3 is 23.7 Å². The van der Waals surface area contributed by atoms with Gasteiger partial charge in [-0.05, 0) is 86.7 Å². The maximum Gasteiger partial charge on any atom is 0.203 e. The number of hydrogen-bond donors (Lipinski definition) is 1. The second-order valence-electron chi connectivity index (χ2n) is 16.4. The lowest BCUT2D eigenvalue weighted by molar-refractivity contribution is -0.221. The predicted octanol–water partition coefficient (Wildman–Crippen LogP) is 6.23. The molecule has 12 rings (SSSR count). The topological polar surface area (TPSA) is 55.0 Å². The van der Waals surface area contributed by atoms with E-state index in [1.54, 1.807) is 5.56 Å². The first-order valence-electron chi connectivity index (χ1n) is 18.6. The summed E-state index contributed by atoms with van der Waals surface area (Å²) < 4.78 is 18.8. The Bertz CT molecular complexity index is 2060. The lowest BCUT2D eigenvalue weighted by Crippen LogP contribution is -2.61. The van der Waals surface area contributed by atoms with Crippen molar-refractivity contribution in [3.63, 3.8) is 0 Å². The van der Waals surface area contributed by atoms with Crippen molar-refractivity contribution in [2.24, 2.45) is 43.7 Å². The lowest BCUT2D eigenvalue weighted by atomic mass is 9.61. The lowest BCUT2D eigenvalue weighted by Gasteiger charge is -2.58. The molecule has 0 spiro atoms. The number of fused-ring (bicyclic) bond motifs is 16. The van der Waals surface area contributed by atoms with Crippen LogP contribution in [0.1, 0.15) is 72.8 Å². The number of benzene rings is 2. The number of allylic oxidation sites excluding steroid dienone is 1. The summed E-state index contributed by atoms with van der Waals surface area (Å²) in [5.74, 6) is 3.51. The molecule has 5 fully saturated rings. The number of likely N-dealkylation sites (N-methyl/N-ethyl adjacent to an activating group) is 1. The number of aliphatic hydroxyl groups excluding tert-OH is 1. The molecule has 2 aromatic heterocycles. The van der Waals surface area contributed by atoms with Crippen molar-refractivity contribution in [1.82, 2.24) is 18.9 Å². The predicted molar refractivity (Wildman–Crippen MR) is 187 cm³/mol. The van der Waals surface area contributed by atoms with E-state index < -0.39 is 0 Å². The minimum absolute atomic E-state index is 0.193. The van der Waals surface area contributed by atoms with Gasteiger partial charge >= 0.3 is 0 Å². The quantitative estimate of drug-likeness (QED) is 0.249. The van der Waals surface area contributed by atoms with E-state index >= 15 is 0 Å². The van der Waals surface area contributed by atoms with Crippen molar-refractivity contribution in [3.05, 3.63) is 76.1 Å². The summed E-state index contributed by atoms with van der Waals surface area (Å²) in [5, 5.41) is 13.6. The zero-order valence-corrected chi connectivity index (χ0v) is 28.9. The molecule has 1 N–H and O–H groups in total. The van der Waals surface area contributed by atoms with Gasteiger partial charge in [-0.1, -0.05) is 36.8 Å². The maximum atomic E-state index is 10.7. The van der Waals surface area contributed by atoms with Gasteiger partial charge in [-0.15, -0.1) is 0 Å². The Morgan fingerprint density at radius 1 is 0.896 bits per heavy atom. The molecule has 7 nitrogen and oxygen atoms in total. The standard InChI is InChI=1S/C41H48N4O3/c1-6-21-17-45-32-16-26-38-30(44(5)40(26)34(45)13-23(21)27(32)18-46)11-12-35-37(38)20(2)36-24-14-33-39-25(22-9-7-8-10-29(22)43(39)4)15-31(42(33)3)28(24)19-47-41(36)48-35/h6-12,20,23-24,27-28,31-34,36,41,46H,13-19H2,1-5H3/b21-6-/t20-,23+,24-,27-,28-,31+,32+,33+,34+,36+,41+/m1/s1. The molecule has 250 valence electrons. The number of rotatable bonds is 1. The van der Waals surface area contributed by atoms with Gasteiger partial charge in [-0.25, -0.2) is 0 Å². The monoisotopic (exact) mass is 644 g/mol. The molecular formula is C41H48N4O3. The molecule has 0 aliphatic carbocycles. The van der Waals surface area contributed by atoms with Crippen molar-refractivity contribution in [2.75, 3.05) is 26.8 Å². The Morgan fingerprint density at radius 2 is 1.69 bits per heavy atom. The largest absolute Gasteiger partial charge is 0.464 e. The molecule has 8 aliphatic rings. The van der Waals surface area contributed by atoms with Gasteiger partial charge in [0.05, 0.1) is 18.7 Å². The third kappa shape index (κ3) is 3.35.